The summed E-state index contributed by atoms with van der Waals surface area (Å²) in [5.74, 6) is 1.07. The van der Waals surface area contributed by atoms with Gasteiger partial charge in [-0.1, -0.05) is 18.2 Å². The number of hydrogen-bond acceptors (Lipinski definition) is 4. The lowest BCUT2D eigenvalue weighted by Crippen LogP contribution is -3.16. The highest BCUT2D eigenvalue weighted by Crippen LogP contribution is 2.31. The normalized spacial score (nSPS) is 16.1. The molecule has 7 heteroatoms. The van der Waals surface area contributed by atoms with E-state index >= 15 is 0 Å². The number of methoxy groups -OCH3 is 2. The van der Waals surface area contributed by atoms with E-state index in [-0.39, 0.29) is 24.4 Å². The number of benzene rings is 2. The number of hydrogen-bond donors (Lipinski definition) is 3. The SMILES string of the molecule is COc1cc2c(cc1OC)C[NH+]([C@H](C)C(=O)NCC(=O)Nc1c(C)cccc1C)CC2. The van der Waals surface area contributed by atoms with Gasteiger partial charge in [0, 0.05) is 17.7 Å². The van der Waals surface area contributed by atoms with Gasteiger partial charge in [-0.05, 0) is 49.6 Å². The minimum absolute atomic E-state index is 0.0498. The quantitative estimate of drug-likeness (QED) is 0.625. The first-order valence-corrected chi connectivity index (χ1v) is 10.6. The Morgan fingerprint density at radius 2 is 1.68 bits per heavy atom. The summed E-state index contributed by atoms with van der Waals surface area (Å²) in [4.78, 5) is 26.2. The third kappa shape index (κ3) is 5.17. The zero-order chi connectivity index (χ0) is 22.5. The molecule has 2 aromatic carbocycles. The molecule has 0 spiro atoms. The molecule has 1 aliphatic heterocycles. The van der Waals surface area contributed by atoms with Gasteiger partial charge < -0.3 is 25.0 Å². The van der Waals surface area contributed by atoms with Crippen LogP contribution in [0, 0.1) is 13.8 Å². The van der Waals surface area contributed by atoms with Crippen LogP contribution < -0.4 is 25.0 Å². The van der Waals surface area contributed by atoms with Crippen LogP contribution >= 0.6 is 0 Å². The number of carbonyl (C=O) groups excluding carboxylic acids is 2. The fraction of sp³-hybridized carbons (Fsp3) is 0.417. The predicted molar refractivity (Wildman–Crippen MR) is 120 cm³/mol. The van der Waals surface area contributed by atoms with Crippen molar-refractivity contribution in [3.8, 4) is 11.5 Å². The van der Waals surface area contributed by atoms with Crippen LogP contribution in [0.3, 0.4) is 0 Å². The van der Waals surface area contributed by atoms with Crippen molar-refractivity contribution in [2.75, 3.05) is 32.6 Å². The van der Waals surface area contributed by atoms with Gasteiger partial charge in [0.05, 0.1) is 27.3 Å². The molecule has 1 heterocycles. The Kier molecular flexibility index (Phi) is 7.17. The molecule has 2 atom stereocenters. The molecular weight excluding hydrogens is 394 g/mol. The molecule has 3 N–H and O–H groups in total. The maximum atomic E-state index is 12.7. The van der Waals surface area contributed by atoms with Crippen LogP contribution in [0.1, 0.15) is 29.2 Å². The monoisotopic (exact) mass is 426 g/mol. The van der Waals surface area contributed by atoms with Crippen molar-refractivity contribution in [2.45, 2.75) is 39.8 Å². The number of fused-ring (bicyclic) bond motifs is 1. The number of carbonyl (C=O) groups is 2. The number of ether oxygens (including phenoxy) is 2. The third-order valence-corrected chi connectivity index (χ3v) is 6.01. The summed E-state index contributed by atoms with van der Waals surface area (Å²) in [5.41, 5.74) is 5.18. The molecule has 31 heavy (non-hydrogen) atoms. The Labute approximate surface area is 183 Å². The molecule has 7 nitrogen and oxygen atoms in total. The lowest BCUT2D eigenvalue weighted by molar-refractivity contribution is -0.929. The van der Waals surface area contributed by atoms with Crippen molar-refractivity contribution in [2.24, 2.45) is 0 Å². The topological polar surface area (TPSA) is 81.1 Å². The number of aryl methyl sites for hydroxylation is 2. The van der Waals surface area contributed by atoms with Gasteiger partial charge in [-0.15, -0.1) is 0 Å². The highest BCUT2D eigenvalue weighted by molar-refractivity contribution is 5.96. The number of amides is 2. The fourth-order valence-corrected chi connectivity index (χ4v) is 4.06. The first kappa shape index (κ1) is 22.6. The van der Waals surface area contributed by atoms with E-state index in [1.54, 1.807) is 14.2 Å². The molecule has 0 saturated carbocycles. The van der Waals surface area contributed by atoms with Gasteiger partial charge in [0.2, 0.25) is 5.91 Å². The molecule has 166 valence electrons. The van der Waals surface area contributed by atoms with E-state index in [9.17, 15) is 9.59 Å². The number of para-hydroxylation sites is 1. The minimum atomic E-state index is -0.269. The van der Waals surface area contributed by atoms with Crippen LogP contribution in [-0.2, 0) is 22.6 Å². The second kappa shape index (κ2) is 9.83. The highest BCUT2D eigenvalue weighted by atomic mass is 16.5. The Morgan fingerprint density at radius 1 is 1.06 bits per heavy atom. The van der Waals surface area contributed by atoms with Gasteiger partial charge >= 0.3 is 0 Å². The smallest absolute Gasteiger partial charge is 0.278 e. The molecule has 0 radical (unpaired) electrons. The maximum Gasteiger partial charge on any atom is 0.278 e. The van der Waals surface area contributed by atoms with E-state index in [4.69, 9.17) is 9.47 Å². The van der Waals surface area contributed by atoms with Crippen molar-refractivity contribution < 1.29 is 24.0 Å². The third-order valence-electron chi connectivity index (χ3n) is 6.01. The molecule has 0 aromatic heterocycles. The molecule has 2 amide bonds. The number of rotatable bonds is 7. The second-order valence-electron chi connectivity index (χ2n) is 8.07. The summed E-state index contributed by atoms with van der Waals surface area (Å²) in [6, 6.07) is 9.60. The van der Waals surface area contributed by atoms with Crippen molar-refractivity contribution in [3.63, 3.8) is 0 Å². The molecule has 1 aliphatic rings. The van der Waals surface area contributed by atoms with Crippen molar-refractivity contribution in [1.82, 2.24) is 5.32 Å². The van der Waals surface area contributed by atoms with Gasteiger partial charge in [0.25, 0.3) is 5.91 Å². The Balaban J connectivity index is 1.57. The highest BCUT2D eigenvalue weighted by Gasteiger charge is 2.30. The zero-order valence-electron chi connectivity index (χ0n) is 18.9. The van der Waals surface area contributed by atoms with Crippen LogP contribution in [-0.4, -0.2) is 45.2 Å². The Hall–Kier alpha value is -3.06. The van der Waals surface area contributed by atoms with E-state index in [0.29, 0.717) is 5.75 Å². The molecule has 0 aliphatic carbocycles. The van der Waals surface area contributed by atoms with Crippen LogP contribution in [0.15, 0.2) is 30.3 Å². The predicted octanol–water partition coefficient (Wildman–Crippen LogP) is 1.41. The summed E-state index contributed by atoms with van der Waals surface area (Å²) in [6.45, 7) is 7.31. The van der Waals surface area contributed by atoms with E-state index < -0.39 is 0 Å². The van der Waals surface area contributed by atoms with E-state index in [1.807, 2.05) is 51.1 Å². The minimum Gasteiger partial charge on any atom is -0.493 e. The lowest BCUT2D eigenvalue weighted by Gasteiger charge is -2.30. The van der Waals surface area contributed by atoms with Gasteiger partial charge in [0.1, 0.15) is 6.54 Å². The van der Waals surface area contributed by atoms with E-state index in [1.165, 1.54) is 5.56 Å². The number of quaternary nitrogens is 1. The summed E-state index contributed by atoms with van der Waals surface area (Å²) in [7, 11) is 3.25. The zero-order valence-corrected chi connectivity index (χ0v) is 18.9. The summed E-state index contributed by atoms with van der Waals surface area (Å²) in [5, 5.41) is 5.69. The van der Waals surface area contributed by atoms with Crippen LogP contribution in [0.5, 0.6) is 11.5 Å². The summed E-state index contributed by atoms with van der Waals surface area (Å²) >= 11 is 0. The molecule has 1 unspecified atom stereocenters. The Morgan fingerprint density at radius 3 is 2.29 bits per heavy atom. The van der Waals surface area contributed by atoms with Crippen LogP contribution in [0.4, 0.5) is 5.69 Å². The average molecular weight is 427 g/mol. The second-order valence-corrected chi connectivity index (χ2v) is 8.07. The van der Waals surface area contributed by atoms with Gasteiger partial charge in [-0.2, -0.15) is 0 Å². The fourth-order valence-electron chi connectivity index (χ4n) is 4.06. The largest absolute Gasteiger partial charge is 0.493 e. The first-order chi connectivity index (χ1) is 14.8. The summed E-state index contributed by atoms with van der Waals surface area (Å²) in [6.07, 6.45) is 0.857. The first-order valence-electron chi connectivity index (χ1n) is 10.6. The number of anilines is 1. The molecule has 2 aromatic rings. The molecule has 3 rings (SSSR count). The standard InChI is InChI=1S/C24H31N3O4/c1-15-7-6-8-16(2)23(15)26-22(28)13-25-24(29)17(3)27-10-9-18-11-20(30-4)21(31-5)12-19(18)14-27/h6-8,11-12,17H,9-10,13-14H2,1-5H3,(H,25,29)(H,26,28)/p+1/t17-/m1/s1. The molecular formula is C24H32N3O4+. The van der Waals surface area contributed by atoms with Gasteiger partial charge in [0.15, 0.2) is 17.5 Å². The maximum absolute atomic E-state index is 12.7. The van der Waals surface area contributed by atoms with E-state index in [0.717, 1.165) is 52.5 Å². The van der Waals surface area contributed by atoms with E-state index in [2.05, 4.69) is 10.6 Å². The number of nitrogens with one attached hydrogen (secondary N) is 3. The molecule has 0 fully saturated rings. The van der Waals surface area contributed by atoms with Crippen LogP contribution in [0.2, 0.25) is 0 Å². The molecule has 0 bridgehead atoms. The average Bonchev–Trinajstić information content (AvgIpc) is 2.78. The van der Waals surface area contributed by atoms with Crippen molar-refractivity contribution in [3.05, 3.63) is 52.6 Å². The summed E-state index contributed by atoms with van der Waals surface area (Å²) < 4.78 is 10.8. The van der Waals surface area contributed by atoms with Crippen molar-refractivity contribution in [1.29, 1.82) is 0 Å². The lowest BCUT2D eigenvalue weighted by atomic mass is 9.97. The van der Waals surface area contributed by atoms with Gasteiger partial charge in [-0.3, -0.25) is 9.59 Å². The van der Waals surface area contributed by atoms with Crippen molar-refractivity contribution >= 4 is 17.5 Å². The Bertz CT molecular complexity index is 953. The van der Waals surface area contributed by atoms with Gasteiger partial charge in [-0.25, -0.2) is 0 Å². The molecule has 0 saturated heterocycles. The van der Waals surface area contributed by atoms with Crippen LogP contribution in [0.25, 0.3) is 0 Å².